The Hall–Kier alpha value is -1.68. The molecular formula is C17H22O4. The average Bonchev–Trinajstić information content (AvgIpc) is 2.50. The molecule has 1 aliphatic rings. The second kappa shape index (κ2) is 7.93. The molecule has 21 heavy (non-hydrogen) atoms. The van der Waals surface area contributed by atoms with Gasteiger partial charge in [0.05, 0.1) is 6.61 Å². The standard InChI is InChI=1S/C17H22O4/c18-15-9-3-1-2-6-12-21-16(19)11-10-13-7-4-5-8-14(13)17(15)20/h4-5,7-8,15,18H,1-3,6,9-12H2. The molecule has 0 aliphatic carbocycles. The molecular weight excluding hydrogens is 268 g/mol. The molecule has 4 heteroatoms. The zero-order valence-corrected chi connectivity index (χ0v) is 12.2. The van der Waals surface area contributed by atoms with Crippen molar-refractivity contribution in [1.82, 2.24) is 0 Å². The zero-order chi connectivity index (χ0) is 15.1. The van der Waals surface area contributed by atoms with Crippen LogP contribution in [0.4, 0.5) is 0 Å². The van der Waals surface area contributed by atoms with Gasteiger partial charge in [-0.05, 0) is 24.8 Å². The molecule has 4 nitrogen and oxygen atoms in total. The Kier molecular flexibility index (Phi) is 5.93. The van der Waals surface area contributed by atoms with Gasteiger partial charge in [0.25, 0.3) is 0 Å². The summed E-state index contributed by atoms with van der Waals surface area (Å²) in [5.74, 6) is -0.467. The lowest BCUT2D eigenvalue weighted by atomic mass is 9.95. The molecule has 0 saturated heterocycles. The molecule has 0 saturated carbocycles. The number of benzene rings is 1. The maximum absolute atomic E-state index is 12.3. The summed E-state index contributed by atoms with van der Waals surface area (Å²) in [6, 6.07) is 7.18. The average molecular weight is 290 g/mol. The molecule has 1 aromatic carbocycles. The Morgan fingerprint density at radius 2 is 1.76 bits per heavy atom. The van der Waals surface area contributed by atoms with E-state index in [-0.39, 0.29) is 18.2 Å². The van der Waals surface area contributed by atoms with E-state index in [0.717, 1.165) is 31.2 Å². The molecule has 1 unspecified atom stereocenters. The van der Waals surface area contributed by atoms with Gasteiger partial charge in [0.1, 0.15) is 6.10 Å². The van der Waals surface area contributed by atoms with Crippen molar-refractivity contribution in [3.05, 3.63) is 35.4 Å². The molecule has 0 fully saturated rings. The molecule has 2 rings (SSSR count). The number of aliphatic hydroxyl groups is 1. The molecule has 1 aromatic rings. The maximum Gasteiger partial charge on any atom is 0.306 e. The molecule has 0 spiro atoms. The first-order chi connectivity index (χ1) is 10.2. The second-order valence-corrected chi connectivity index (χ2v) is 5.46. The lowest BCUT2D eigenvalue weighted by Gasteiger charge is -2.14. The van der Waals surface area contributed by atoms with E-state index in [9.17, 15) is 14.7 Å². The quantitative estimate of drug-likeness (QED) is 0.746. The summed E-state index contributed by atoms with van der Waals surface area (Å²) in [4.78, 5) is 24.0. The third-order valence-electron chi connectivity index (χ3n) is 3.82. The Labute approximate surface area is 125 Å². The number of hydrogen-bond donors (Lipinski definition) is 1. The van der Waals surface area contributed by atoms with Crippen molar-refractivity contribution < 1.29 is 19.4 Å². The minimum Gasteiger partial charge on any atom is -0.466 e. The van der Waals surface area contributed by atoms with Gasteiger partial charge >= 0.3 is 5.97 Å². The van der Waals surface area contributed by atoms with Gasteiger partial charge in [0, 0.05) is 12.0 Å². The number of carbonyl (C=O) groups excluding carboxylic acids is 2. The normalized spacial score (nSPS) is 22.0. The van der Waals surface area contributed by atoms with Crippen LogP contribution >= 0.6 is 0 Å². The summed E-state index contributed by atoms with van der Waals surface area (Å²) >= 11 is 0. The van der Waals surface area contributed by atoms with Crippen molar-refractivity contribution in [1.29, 1.82) is 0 Å². The van der Waals surface area contributed by atoms with Gasteiger partial charge in [0.2, 0.25) is 0 Å². The number of ether oxygens (including phenoxy) is 1. The SMILES string of the molecule is O=C1CCc2ccccc2C(=O)C(O)CCCCCCO1. The van der Waals surface area contributed by atoms with Gasteiger partial charge in [-0.15, -0.1) is 0 Å². The fourth-order valence-electron chi connectivity index (χ4n) is 2.58. The van der Waals surface area contributed by atoms with Crippen LogP contribution < -0.4 is 0 Å². The highest BCUT2D eigenvalue weighted by Gasteiger charge is 2.20. The highest BCUT2D eigenvalue weighted by atomic mass is 16.5. The van der Waals surface area contributed by atoms with Gasteiger partial charge in [-0.2, -0.15) is 0 Å². The van der Waals surface area contributed by atoms with E-state index < -0.39 is 6.10 Å². The summed E-state index contributed by atoms with van der Waals surface area (Å²) in [7, 11) is 0. The first-order valence-corrected chi connectivity index (χ1v) is 7.64. The van der Waals surface area contributed by atoms with Crippen LogP contribution in [0.2, 0.25) is 0 Å². The van der Waals surface area contributed by atoms with Crippen molar-refractivity contribution in [2.24, 2.45) is 0 Å². The fourth-order valence-corrected chi connectivity index (χ4v) is 2.58. The number of ketones is 1. The monoisotopic (exact) mass is 290 g/mol. The Morgan fingerprint density at radius 1 is 1.00 bits per heavy atom. The summed E-state index contributed by atoms with van der Waals surface area (Å²) in [6.07, 6.45) is 3.81. The second-order valence-electron chi connectivity index (χ2n) is 5.46. The van der Waals surface area contributed by atoms with Gasteiger partial charge in [0.15, 0.2) is 5.78 Å². The fraction of sp³-hybridized carbons (Fsp3) is 0.529. The third-order valence-corrected chi connectivity index (χ3v) is 3.82. The molecule has 0 amide bonds. The summed E-state index contributed by atoms with van der Waals surface area (Å²) in [5.41, 5.74) is 1.32. The van der Waals surface area contributed by atoms with Crippen LogP contribution in [0.25, 0.3) is 0 Å². The third kappa shape index (κ3) is 4.67. The van der Waals surface area contributed by atoms with Gasteiger partial charge < -0.3 is 9.84 Å². The van der Waals surface area contributed by atoms with Gasteiger partial charge in [-0.1, -0.05) is 43.5 Å². The smallest absolute Gasteiger partial charge is 0.306 e. The molecule has 1 N–H and O–H groups in total. The lowest BCUT2D eigenvalue weighted by molar-refractivity contribution is -0.143. The van der Waals surface area contributed by atoms with E-state index in [1.165, 1.54) is 0 Å². The van der Waals surface area contributed by atoms with E-state index in [1.54, 1.807) is 12.1 Å². The Morgan fingerprint density at radius 3 is 2.62 bits per heavy atom. The molecule has 0 aromatic heterocycles. The molecule has 1 atom stereocenters. The summed E-state index contributed by atoms with van der Waals surface area (Å²) < 4.78 is 5.18. The summed E-state index contributed by atoms with van der Waals surface area (Å²) in [5, 5.41) is 10.0. The van der Waals surface area contributed by atoms with Gasteiger partial charge in [-0.25, -0.2) is 0 Å². The predicted octanol–water partition coefficient (Wildman–Crippen LogP) is 2.67. The number of rotatable bonds is 0. The number of carbonyl (C=O) groups is 2. The van der Waals surface area contributed by atoms with Crippen LogP contribution in [0, 0.1) is 0 Å². The van der Waals surface area contributed by atoms with Crippen molar-refractivity contribution >= 4 is 11.8 Å². The predicted molar refractivity (Wildman–Crippen MR) is 79.1 cm³/mol. The van der Waals surface area contributed by atoms with E-state index >= 15 is 0 Å². The summed E-state index contributed by atoms with van der Waals surface area (Å²) in [6.45, 7) is 0.460. The van der Waals surface area contributed by atoms with Crippen molar-refractivity contribution in [3.8, 4) is 0 Å². The largest absolute Gasteiger partial charge is 0.466 e. The number of esters is 1. The number of fused-ring (bicyclic) bond motifs is 1. The maximum atomic E-state index is 12.3. The van der Waals surface area contributed by atoms with E-state index in [0.29, 0.717) is 25.0 Å². The van der Waals surface area contributed by atoms with Gasteiger partial charge in [-0.3, -0.25) is 9.59 Å². The van der Waals surface area contributed by atoms with Crippen LogP contribution in [0.1, 0.15) is 54.4 Å². The lowest BCUT2D eigenvalue weighted by Crippen LogP contribution is -2.22. The highest BCUT2D eigenvalue weighted by Crippen LogP contribution is 2.17. The molecule has 1 heterocycles. The first kappa shape index (κ1) is 15.7. The van der Waals surface area contributed by atoms with Crippen LogP contribution in [0.15, 0.2) is 24.3 Å². The molecule has 1 aliphatic heterocycles. The zero-order valence-electron chi connectivity index (χ0n) is 12.2. The van der Waals surface area contributed by atoms with Crippen molar-refractivity contribution in [2.45, 2.75) is 51.0 Å². The number of cyclic esters (lactones) is 1. The number of Topliss-reactive ketones (excluding diaryl/α,β-unsaturated/α-hetero) is 1. The first-order valence-electron chi connectivity index (χ1n) is 7.64. The van der Waals surface area contributed by atoms with E-state index in [2.05, 4.69) is 0 Å². The van der Waals surface area contributed by atoms with Crippen LogP contribution in [0.3, 0.4) is 0 Å². The number of hydrogen-bond acceptors (Lipinski definition) is 4. The minimum absolute atomic E-state index is 0.227. The van der Waals surface area contributed by atoms with Crippen molar-refractivity contribution in [2.75, 3.05) is 6.61 Å². The number of aliphatic hydroxyl groups excluding tert-OH is 1. The Balaban J connectivity index is 2.16. The molecule has 114 valence electrons. The van der Waals surface area contributed by atoms with E-state index in [4.69, 9.17) is 4.74 Å². The minimum atomic E-state index is -0.943. The molecule has 0 radical (unpaired) electrons. The van der Waals surface area contributed by atoms with Crippen LogP contribution in [-0.2, 0) is 16.0 Å². The topological polar surface area (TPSA) is 63.6 Å². The van der Waals surface area contributed by atoms with Crippen LogP contribution in [-0.4, -0.2) is 29.6 Å². The Bertz CT molecular complexity index is 495. The molecule has 0 bridgehead atoms. The number of aryl methyl sites for hydroxylation is 1. The van der Waals surface area contributed by atoms with E-state index in [1.807, 2.05) is 12.1 Å². The highest BCUT2D eigenvalue weighted by molar-refractivity contribution is 6.00. The van der Waals surface area contributed by atoms with Crippen LogP contribution in [0.5, 0.6) is 0 Å². The van der Waals surface area contributed by atoms with Crippen molar-refractivity contribution in [3.63, 3.8) is 0 Å².